The largest absolute Gasteiger partial charge is 0.411 e. The highest BCUT2D eigenvalue weighted by molar-refractivity contribution is 5.88. The van der Waals surface area contributed by atoms with Crippen molar-refractivity contribution < 1.29 is 9.57 Å². The lowest BCUT2D eigenvalue weighted by Gasteiger charge is -2.37. The van der Waals surface area contributed by atoms with Crippen molar-refractivity contribution >= 4 is 16.6 Å². The molecule has 0 amide bonds. The fourth-order valence-electron chi connectivity index (χ4n) is 2.99. The van der Waals surface area contributed by atoms with Crippen molar-refractivity contribution in [3.8, 4) is 5.75 Å². The van der Waals surface area contributed by atoms with Gasteiger partial charge in [0, 0.05) is 35.9 Å². The van der Waals surface area contributed by atoms with Crippen molar-refractivity contribution in [1.82, 2.24) is 4.98 Å². The zero-order valence-electron chi connectivity index (χ0n) is 12.7. The van der Waals surface area contributed by atoms with Crippen molar-refractivity contribution in [2.45, 2.75) is 33.0 Å². The molecule has 3 rings (SSSR count). The van der Waals surface area contributed by atoms with E-state index in [1.165, 1.54) is 0 Å². The fourth-order valence-corrected chi connectivity index (χ4v) is 2.99. The smallest absolute Gasteiger partial charge is 0.158 e. The number of morpholine rings is 1. The minimum Gasteiger partial charge on any atom is -0.411 e. The molecular weight excluding hydrogens is 266 g/mol. The number of benzene rings is 1. The first-order valence-corrected chi connectivity index (χ1v) is 7.25. The van der Waals surface area contributed by atoms with E-state index in [9.17, 15) is 0 Å². The molecule has 1 aliphatic heterocycles. The molecule has 5 heteroatoms. The maximum Gasteiger partial charge on any atom is 0.158 e. The standard InChI is InChI=1S/C16H21N3O2/c1-10-6-16(21-17)14-7-13(4-5-15(14)18-10)19-8-11(2)20-12(3)9-19/h4-7,11-12H,8-9,17H2,1-3H3. The van der Waals surface area contributed by atoms with Crippen molar-refractivity contribution in [2.75, 3.05) is 18.0 Å². The molecule has 2 aromatic rings. The van der Waals surface area contributed by atoms with Crippen LogP contribution in [0.1, 0.15) is 19.5 Å². The Morgan fingerprint density at radius 3 is 2.62 bits per heavy atom. The minimum absolute atomic E-state index is 0.228. The average Bonchev–Trinajstić information content (AvgIpc) is 2.44. The summed E-state index contributed by atoms with van der Waals surface area (Å²) in [6, 6.07) is 8.07. The van der Waals surface area contributed by atoms with Crippen LogP contribution in [0.5, 0.6) is 5.75 Å². The summed E-state index contributed by atoms with van der Waals surface area (Å²) in [5.74, 6) is 6.06. The summed E-state index contributed by atoms with van der Waals surface area (Å²) in [5.41, 5.74) is 2.94. The predicted molar refractivity (Wildman–Crippen MR) is 83.5 cm³/mol. The van der Waals surface area contributed by atoms with Crippen LogP contribution in [-0.4, -0.2) is 30.3 Å². The number of hydrogen-bond donors (Lipinski definition) is 1. The highest BCUT2D eigenvalue weighted by Gasteiger charge is 2.22. The van der Waals surface area contributed by atoms with Gasteiger partial charge < -0.3 is 14.5 Å². The molecule has 0 spiro atoms. The Bertz CT molecular complexity index is 649. The maximum absolute atomic E-state index is 5.79. The van der Waals surface area contributed by atoms with Gasteiger partial charge in [-0.15, -0.1) is 0 Å². The van der Waals surface area contributed by atoms with Gasteiger partial charge in [-0.25, -0.2) is 0 Å². The van der Waals surface area contributed by atoms with Gasteiger partial charge in [0.1, 0.15) is 0 Å². The number of aryl methyl sites for hydroxylation is 1. The number of fused-ring (bicyclic) bond motifs is 1. The first-order valence-electron chi connectivity index (χ1n) is 7.25. The Kier molecular flexibility index (Phi) is 3.69. The second-order valence-corrected chi connectivity index (χ2v) is 5.74. The highest BCUT2D eigenvalue weighted by atomic mass is 16.6. The molecular formula is C16H21N3O2. The summed E-state index contributed by atoms with van der Waals surface area (Å²) in [6.07, 6.45) is 0.455. The van der Waals surface area contributed by atoms with E-state index in [4.69, 9.17) is 15.5 Å². The molecule has 5 nitrogen and oxygen atoms in total. The van der Waals surface area contributed by atoms with Crippen LogP contribution < -0.4 is 15.6 Å². The number of hydrogen-bond acceptors (Lipinski definition) is 5. The average molecular weight is 287 g/mol. The lowest BCUT2D eigenvalue weighted by Crippen LogP contribution is -2.45. The van der Waals surface area contributed by atoms with Crippen molar-refractivity contribution in [3.05, 3.63) is 30.0 Å². The van der Waals surface area contributed by atoms with E-state index in [0.29, 0.717) is 5.75 Å². The van der Waals surface area contributed by atoms with E-state index in [-0.39, 0.29) is 12.2 Å². The molecule has 0 saturated carbocycles. The molecule has 2 atom stereocenters. The van der Waals surface area contributed by atoms with E-state index in [1.807, 2.05) is 19.1 Å². The molecule has 112 valence electrons. The van der Waals surface area contributed by atoms with E-state index in [2.05, 4.69) is 35.9 Å². The number of nitrogens with two attached hydrogens (primary N) is 1. The molecule has 2 unspecified atom stereocenters. The number of rotatable bonds is 2. The third-order valence-corrected chi connectivity index (χ3v) is 3.79. The Hall–Kier alpha value is -1.85. The summed E-state index contributed by atoms with van der Waals surface area (Å²) in [6.45, 7) is 7.90. The third kappa shape index (κ3) is 2.80. The van der Waals surface area contributed by atoms with Crippen LogP contribution in [0.2, 0.25) is 0 Å². The number of ether oxygens (including phenoxy) is 1. The van der Waals surface area contributed by atoms with Crippen LogP contribution in [0.25, 0.3) is 10.9 Å². The number of nitrogens with zero attached hydrogens (tertiary/aromatic N) is 2. The normalized spacial score (nSPS) is 22.6. The molecule has 1 saturated heterocycles. The monoisotopic (exact) mass is 287 g/mol. The van der Waals surface area contributed by atoms with Crippen molar-refractivity contribution in [1.29, 1.82) is 0 Å². The van der Waals surface area contributed by atoms with Crippen LogP contribution >= 0.6 is 0 Å². The highest BCUT2D eigenvalue weighted by Crippen LogP contribution is 2.30. The quantitative estimate of drug-likeness (QED) is 0.859. The van der Waals surface area contributed by atoms with Crippen LogP contribution in [0.15, 0.2) is 24.3 Å². The summed E-state index contributed by atoms with van der Waals surface area (Å²) in [5, 5.41) is 0.937. The van der Waals surface area contributed by atoms with Gasteiger partial charge >= 0.3 is 0 Å². The summed E-state index contributed by atoms with van der Waals surface area (Å²) in [7, 11) is 0. The molecule has 0 radical (unpaired) electrons. The topological polar surface area (TPSA) is 60.6 Å². The van der Waals surface area contributed by atoms with Crippen LogP contribution in [0.3, 0.4) is 0 Å². The minimum atomic E-state index is 0.228. The SMILES string of the molecule is Cc1cc(ON)c2cc(N3CC(C)OC(C)C3)ccc2n1. The third-order valence-electron chi connectivity index (χ3n) is 3.79. The van der Waals surface area contributed by atoms with Crippen molar-refractivity contribution in [3.63, 3.8) is 0 Å². The molecule has 21 heavy (non-hydrogen) atoms. The van der Waals surface area contributed by atoms with Gasteiger partial charge in [-0.1, -0.05) is 0 Å². The van der Waals surface area contributed by atoms with Gasteiger partial charge in [-0.2, -0.15) is 5.90 Å². The van der Waals surface area contributed by atoms with E-state index in [1.54, 1.807) is 0 Å². The second-order valence-electron chi connectivity index (χ2n) is 5.74. The summed E-state index contributed by atoms with van der Waals surface area (Å²) >= 11 is 0. The maximum atomic E-state index is 5.79. The Morgan fingerprint density at radius 2 is 1.95 bits per heavy atom. The first kappa shape index (κ1) is 14.1. The molecule has 0 bridgehead atoms. The van der Waals surface area contributed by atoms with Crippen LogP contribution in [0.4, 0.5) is 5.69 Å². The van der Waals surface area contributed by atoms with Gasteiger partial charge in [0.15, 0.2) is 5.75 Å². The van der Waals surface area contributed by atoms with Gasteiger partial charge in [-0.05, 0) is 39.0 Å². The molecule has 1 aromatic carbocycles. The van der Waals surface area contributed by atoms with E-state index in [0.717, 1.165) is 35.4 Å². The lowest BCUT2D eigenvalue weighted by molar-refractivity contribution is -0.00520. The molecule has 1 aliphatic rings. The Labute approximate surface area is 124 Å². The second kappa shape index (κ2) is 5.50. The Morgan fingerprint density at radius 1 is 1.24 bits per heavy atom. The zero-order chi connectivity index (χ0) is 15.0. The molecule has 2 heterocycles. The summed E-state index contributed by atoms with van der Waals surface area (Å²) < 4.78 is 5.79. The Balaban J connectivity index is 2.02. The lowest BCUT2D eigenvalue weighted by atomic mass is 10.1. The summed E-state index contributed by atoms with van der Waals surface area (Å²) in [4.78, 5) is 11.9. The first-order chi connectivity index (χ1) is 10.1. The van der Waals surface area contributed by atoms with Crippen LogP contribution in [-0.2, 0) is 4.74 Å². The molecule has 1 fully saturated rings. The number of anilines is 1. The van der Waals surface area contributed by atoms with Gasteiger partial charge in [-0.3, -0.25) is 4.98 Å². The fraction of sp³-hybridized carbons (Fsp3) is 0.438. The van der Waals surface area contributed by atoms with E-state index < -0.39 is 0 Å². The molecule has 1 aromatic heterocycles. The predicted octanol–water partition coefficient (Wildman–Crippen LogP) is 2.41. The van der Waals surface area contributed by atoms with Crippen LogP contribution in [0, 0.1) is 6.92 Å². The zero-order valence-corrected chi connectivity index (χ0v) is 12.7. The number of aromatic nitrogens is 1. The van der Waals surface area contributed by atoms with Gasteiger partial charge in [0.2, 0.25) is 0 Å². The van der Waals surface area contributed by atoms with Gasteiger partial charge in [0.05, 0.1) is 17.7 Å². The van der Waals surface area contributed by atoms with Crippen molar-refractivity contribution in [2.24, 2.45) is 5.90 Å². The molecule has 0 aliphatic carbocycles. The van der Waals surface area contributed by atoms with Gasteiger partial charge in [0.25, 0.3) is 0 Å². The van der Waals surface area contributed by atoms with E-state index >= 15 is 0 Å². The molecule has 2 N–H and O–H groups in total. The number of pyridine rings is 1.